The number of nitrogens with one attached hydrogen (secondary N) is 1. The number of aliphatic imine (C=N–C) groups is 1. The van der Waals surface area contributed by atoms with Gasteiger partial charge in [-0.25, -0.2) is 0 Å². The first-order valence-corrected chi connectivity index (χ1v) is 10.2. The van der Waals surface area contributed by atoms with Crippen LogP contribution in [-0.2, 0) is 13.0 Å². The van der Waals surface area contributed by atoms with Crippen molar-refractivity contribution in [2.75, 3.05) is 45.8 Å². The lowest BCUT2D eigenvalue weighted by atomic mass is 9.99. The molecule has 1 atom stereocenters. The average Bonchev–Trinajstić information content (AvgIpc) is 2.99. The van der Waals surface area contributed by atoms with E-state index in [1.54, 1.807) is 0 Å². The molecule has 1 saturated heterocycles. The Morgan fingerprint density at radius 1 is 1.23 bits per heavy atom. The second kappa shape index (κ2) is 8.84. The first-order chi connectivity index (χ1) is 12.6. The van der Waals surface area contributed by atoms with Gasteiger partial charge < -0.3 is 14.8 Å². The Morgan fingerprint density at radius 3 is 2.69 bits per heavy atom. The lowest BCUT2D eigenvalue weighted by Crippen LogP contribution is -2.53. The van der Waals surface area contributed by atoms with Crippen LogP contribution in [0.25, 0.3) is 0 Å². The maximum atomic E-state index is 4.99. The van der Waals surface area contributed by atoms with Gasteiger partial charge in [-0.1, -0.05) is 13.8 Å². The maximum absolute atomic E-state index is 4.99. The monoisotopic (exact) mass is 361 g/mol. The van der Waals surface area contributed by atoms with Crippen LogP contribution < -0.4 is 5.32 Å². The Morgan fingerprint density at radius 2 is 2.00 bits per heavy atom. The number of rotatable bonds is 5. The van der Waals surface area contributed by atoms with Crippen LogP contribution in [0.4, 0.5) is 0 Å². The van der Waals surface area contributed by atoms with Crippen LogP contribution in [0.2, 0.25) is 0 Å². The predicted octanol–water partition coefficient (Wildman–Crippen LogP) is 1.39. The molecular formula is C19H35N7. The zero-order chi connectivity index (χ0) is 18.5. The standard InChI is InChI=1S/C19H35N7/c1-5-20-19(25-10-8-24(9-11-25)13-15(2)3)21-12-17-6-7-18-23-22-16(4)26(18)14-17/h15,17H,5-14H2,1-4H3,(H,20,21). The lowest BCUT2D eigenvalue weighted by molar-refractivity contribution is 0.163. The zero-order valence-electron chi connectivity index (χ0n) is 16.9. The van der Waals surface area contributed by atoms with E-state index < -0.39 is 0 Å². The quantitative estimate of drug-likeness (QED) is 0.634. The van der Waals surface area contributed by atoms with Crippen molar-refractivity contribution in [1.29, 1.82) is 0 Å². The molecule has 0 bridgehead atoms. The van der Waals surface area contributed by atoms with E-state index in [2.05, 4.69) is 50.7 Å². The van der Waals surface area contributed by atoms with E-state index in [9.17, 15) is 0 Å². The fourth-order valence-electron chi connectivity index (χ4n) is 3.98. The van der Waals surface area contributed by atoms with Crippen LogP contribution in [0.3, 0.4) is 0 Å². The van der Waals surface area contributed by atoms with Gasteiger partial charge in [0.1, 0.15) is 11.6 Å². The summed E-state index contributed by atoms with van der Waals surface area (Å²) in [5, 5.41) is 12.0. The number of nitrogens with zero attached hydrogens (tertiary/aromatic N) is 6. The minimum absolute atomic E-state index is 0.577. The van der Waals surface area contributed by atoms with E-state index in [4.69, 9.17) is 4.99 Å². The van der Waals surface area contributed by atoms with Crippen molar-refractivity contribution in [2.45, 2.75) is 47.1 Å². The van der Waals surface area contributed by atoms with Crippen LogP contribution in [-0.4, -0.2) is 76.3 Å². The number of fused-ring (bicyclic) bond motifs is 1. The van der Waals surface area contributed by atoms with Crippen LogP contribution >= 0.6 is 0 Å². The van der Waals surface area contributed by atoms with Crippen LogP contribution in [0.5, 0.6) is 0 Å². The van der Waals surface area contributed by atoms with E-state index in [1.165, 1.54) is 6.54 Å². The van der Waals surface area contributed by atoms with Crippen LogP contribution in [0, 0.1) is 18.8 Å². The van der Waals surface area contributed by atoms with Crippen LogP contribution in [0.1, 0.15) is 38.8 Å². The summed E-state index contributed by atoms with van der Waals surface area (Å²) in [6.07, 6.45) is 2.18. The molecule has 3 rings (SSSR count). The summed E-state index contributed by atoms with van der Waals surface area (Å²) in [6, 6.07) is 0. The molecule has 1 aromatic heterocycles. The lowest BCUT2D eigenvalue weighted by Gasteiger charge is -2.37. The normalized spacial score (nSPS) is 22.0. The molecule has 1 fully saturated rings. The number of guanidine groups is 1. The van der Waals surface area contributed by atoms with Gasteiger partial charge in [0.05, 0.1) is 0 Å². The number of hydrogen-bond acceptors (Lipinski definition) is 4. The third-order valence-corrected chi connectivity index (χ3v) is 5.36. The summed E-state index contributed by atoms with van der Waals surface area (Å²) >= 11 is 0. The van der Waals surface area contributed by atoms with Crippen molar-refractivity contribution in [1.82, 2.24) is 29.9 Å². The molecule has 7 heteroatoms. The van der Waals surface area contributed by atoms with Gasteiger partial charge in [0.2, 0.25) is 0 Å². The van der Waals surface area contributed by atoms with E-state index in [1.807, 2.05) is 6.92 Å². The smallest absolute Gasteiger partial charge is 0.194 e. The summed E-state index contributed by atoms with van der Waals surface area (Å²) in [4.78, 5) is 9.99. The Kier molecular flexibility index (Phi) is 6.51. The molecular weight excluding hydrogens is 326 g/mol. The second-order valence-electron chi connectivity index (χ2n) is 8.05. The average molecular weight is 362 g/mol. The highest BCUT2D eigenvalue weighted by molar-refractivity contribution is 5.80. The second-order valence-corrected chi connectivity index (χ2v) is 8.05. The highest BCUT2D eigenvalue weighted by Gasteiger charge is 2.23. The molecule has 2 aliphatic heterocycles. The first kappa shape index (κ1) is 19.1. The van der Waals surface area contributed by atoms with Crippen molar-refractivity contribution in [2.24, 2.45) is 16.8 Å². The minimum Gasteiger partial charge on any atom is -0.357 e. The highest BCUT2D eigenvalue weighted by Crippen LogP contribution is 2.20. The molecule has 0 radical (unpaired) electrons. The molecule has 1 aromatic rings. The maximum Gasteiger partial charge on any atom is 0.194 e. The van der Waals surface area contributed by atoms with Gasteiger partial charge in [-0.05, 0) is 32.1 Å². The third-order valence-electron chi connectivity index (χ3n) is 5.36. The number of hydrogen-bond donors (Lipinski definition) is 1. The summed E-state index contributed by atoms with van der Waals surface area (Å²) in [7, 11) is 0. The van der Waals surface area contributed by atoms with Crippen molar-refractivity contribution >= 4 is 5.96 Å². The van der Waals surface area contributed by atoms with Gasteiger partial charge in [-0.3, -0.25) is 9.89 Å². The fraction of sp³-hybridized carbons (Fsp3) is 0.842. The molecule has 0 saturated carbocycles. The number of aromatic nitrogens is 3. The Labute approximate surface area is 157 Å². The predicted molar refractivity (Wildman–Crippen MR) is 105 cm³/mol. The third kappa shape index (κ3) is 4.75. The topological polar surface area (TPSA) is 61.6 Å². The van der Waals surface area contributed by atoms with Gasteiger partial charge in [-0.15, -0.1) is 10.2 Å². The largest absolute Gasteiger partial charge is 0.357 e. The van der Waals surface area contributed by atoms with Crippen molar-refractivity contribution in [3.05, 3.63) is 11.6 Å². The molecule has 1 unspecified atom stereocenters. The van der Waals surface area contributed by atoms with Gasteiger partial charge in [0.25, 0.3) is 0 Å². The number of aryl methyl sites for hydroxylation is 2. The Bertz CT molecular complexity index is 599. The SMILES string of the molecule is CCNC(=NCC1CCc2nnc(C)n2C1)N1CCN(CC(C)C)CC1. The molecule has 1 N–H and O–H groups in total. The molecule has 2 aliphatic rings. The van der Waals surface area contributed by atoms with E-state index >= 15 is 0 Å². The molecule has 7 nitrogen and oxygen atoms in total. The summed E-state index contributed by atoms with van der Waals surface area (Å²) < 4.78 is 2.27. The Balaban J connectivity index is 1.56. The van der Waals surface area contributed by atoms with Crippen molar-refractivity contribution < 1.29 is 0 Å². The van der Waals surface area contributed by atoms with Crippen molar-refractivity contribution in [3.8, 4) is 0 Å². The van der Waals surface area contributed by atoms with Crippen LogP contribution in [0.15, 0.2) is 4.99 Å². The number of piperazine rings is 1. The minimum atomic E-state index is 0.577. The van der Waals surface area contributed by atoms with Gasteiger partial charge in [-0.2, -0.15) is 0 Å². The highest BCUT2D eigenvalue weighted by atomic mass is 15.3. The van der Waals surface area contributed by atoms with Gasteiger partial charge >= 0.3 is 0 Å². The molecule has 0 amide bonds. The molecule has 0 aliphatic carbocycles. The molecule has 0 spiro atoms. The fourth-order valence-corrected chi connectivity index (χ4v) is 3.98. The zero-order valence-corrected chi connectivity index (χ0v) is 16.9. The molecule has 0 aromatic carbocycles. The first-order valence-electron chi connectivity index (χ1n) is 10.2. The molecule has 3 heterocycles. The Hall–Kier alpha value is -1.63. The van der Waals surface area contributed by atoms with E-state index in [0.717, 1.165) is 82.2 Å². The van der Waals surface area contributed by atoms with Gasteiger partial charge in [0, 0.05) is 58.8 Å². The summed E-state index contributed by atoms with van der Waals surface area (Å²) in [6.45, 7) is 17.2. The summed E-state index contributed by atoms with van der Waals surface area (Å²) in [5.41, 5.74) is 0. The molecule has 26 heavy (non-hydrogen) atoms. The van der Waals surface area contributed by atoms with Gasteiger partial charge in [0.15, 0.2) is 5.96 Å². The van der Waals surface area contributed by atoms with Crippen molar-refractivity contribution in [3.63, 3.8) is 0 Å². The summed E-state index contributed by atoms with van der Waals surface area (Å²) in [5.74, 6) is 4.56. The van der Waals surface area contributed by atoms with E-state index in [-0.39, 0.29) is 0 Å². The van der Waals surface area contributed by atoms with E-state index in [0.29, 0.717) is 5.92 Å². The molecule has 146 valence electrons.